The Balaban J connectivity index is 1.88. The van der Waals surface area contributed by atoms with Gasteiger partial charge in [-0.15, -0.1) is 0 Å². The molecule has 17 N–H and O–H groups in total. The van der Waals surface area contributed by atoms with Crippen LogP contribution in [0.5, 0.6) is 0 Å². The van der Waals surface area contributed by atoms with E-state index in [9.17, 15) is 79.7 Å². The minimum atomic E-state index is -4.81. The monoisotopic (exact) mass is 1330 g/mol. The van der Waals surface area contributed by atoms with Gasteiger partial charge in [0.05, 0.1) is 18.8 Å². The highest BCUT2D eigenvalue weighted by Crippen LogP contribution is 2.22. The smallest absolute Gasteiger partial charge is 0.391 e. The lowest BCUT2D eigenvalue weighted by Crippen LogP contribution is -2.62. The molecule has 0 unspecified atom stereocenters. The van der Waals surface area contributed by atoms with Crippen molar-refractivity contribution in [1.29, 1.82) is 0 Å². The van der Waals surface area contributed by atoms with Gasteiger partial charge >= 0.3 is 12.4 Å². The van der Waals surface area contributed by atoms with E-state index in [1.807, 2.05) is 0 Å². The number of aliphatic hydroxyl groups is 2. The van der Waals surface area contributed by atoms with Gasteiger partial charge in [0.25, 0.3) is 0 Å². The lowest BCUT2D eigenvalue weighted by atomic mass is 10.00. The van der Waals surface area contributed by atoms with E-state index >= 15 is 4.79 Å². The number of nitrogens with one attached hydrogen (secondary N) is 11. The number of halogens is 6. The Labute approximate surface area is 531 Å². The van der Waals surface area contributed by atoms with E-state index < -0.39 is 158 Å². The first-order valence-corrected chi connectivity index (χ1v) is 30.0. The Hall–Kier alpha value is -7.89. The molecule has 3 aromatic rings. The van der Waals surface area contributed by atoms with Gasteiger partial charge in [0.2, 0.25) is 59.1 Å². The Bertz CT molecular complexity index is 2950. The normalized spacial score (nSPS) is 15.1. The summed E-state index contributed by atoms with van der Waals surface area (Å²) >= 11 is 8.36. The number of fused-ring (bicyclic) bond motifs is 1. The fraction of sp³-hybridized carbons (Fsp3) is 0.554. The Kier molecular flexibility index (Phi) is 32.4. The molecule has 0 bridgehead atoms. The number of hydrogen-bond donors (Lipinski definition) is 17. The fourth-order valence-electron chi connectivity index (χ4n) is 8.95. The van der Waals surface area contributed by atoms with Crippen molar-refractivity contribution in [1.82, 2.24) is 63.1 Å². The van der Waals surface area contributed by atoms with Crippen molar-refractivity contribution in [2.24, 2.45) is 16.5 Å². The third-order valence-corrected chi connectivity index (χ3v) is 14.4. The van der Waals surface area contributed by atoms with Crippen molar-refractivity contribution < 1.29 is 84.5 Å². The van der Waals surface area contributed by atoms with Gasteiger partial charge in [0.1, 0.15) is 61.4 Å². The summed E-state index contributed by atoms with van der Waals surface area (Å²) in [4.78, 5) is 143. The van der Waals surface area contributed by atoms with Crippen molar-refractivity contribution in [3.8, 4) is 0 Å². The van der Waals surface area contributed by atoms with Crippen LogP contribution in [-0.2, 0) is 60.8 Å². The highest BCUT2D eigenvalue weighted by Gasteiger charge is 2.39. The number of hydrogen-bond acceptors (Lipinski definition) is 16. The summed E-state index contributed by atoms with van der Waals surface area (Å²) < 4.78 is 76.5. The molecule has 1 aromatic heterocycles. The van der Waals surface area contributed by atoms with E-state index in [4.69, 9.17) is 11.5 Å². The van der Waals surface area contributed by atoms with Crippen molar-refractivity contribution in [2.45, 2.75) is 145 Å². The van der Waals surface area contributed by atoms with Crippen LogP contribution >= 0.6 is 25.3 Å². The van der Waals surface area contributed by atoms with E-state index in [0.717, 1.165) is 11.8 Å². The summed E-state index contributed by atoms with van der Waals surface area (Å²) in [5, 5.41) is 45.1. The fourth-order valence-corrected chi connectivity index (χ4v) is 9.47. The second kappa shape index (κ2) is 38.1. The number of aliphatic imine (C=N–C) groups is 1. The molecule has 506 valence electrons. The topological polar surface area (TPSA) is 415 Å². The summed E-state index contributed by atoms with van der Waals surface area (Å²) in [6.45, 7) is -0.765. The van der Waals surface area contributed by atoms with Gasteiger partial charge in [-0.1, -0.05) is 48.5 Å². The van der Waals surface area contributed by atoms with Crippen molar-refractivity contribution in [2.75, 3.05) is 51.3 Å². The Morgan fingerprint density at radius 2 is 1.20 bits per heavy atom. The van der Waals surface area contributed by atoms with Crippen LogP contribution in [0.1, 0.15) is 70.4 Å². The molecule has 0 fully saturated rings. The maximum atomic E-state index is 15.1. The summed E-state index contributed by atoms with van der Waals surface area (Å²) in [5.74, 6) is -10.8. The minimum Gasteiger partial charge on any atom is -0.391 e. The van der Waals surface area contributed by atoms with Gasteiger partial charge in [0, 0.05) is 62.0 Å². The number of nitrogens with zero attached hydrogens (tertiary/aromatic N) is 2. The number of likely N-dealkylation sites (N-methyl/N-ethyl adjacent to an activating group) is 1. The third kappa shape index (κ3) is 27.6. The zero-order chi connectivity index (χ0) is 68.2. The average Bonchev–Trinajstić information content (AvgIpc) is 1.89. The number of primary amides is 1. The maximum absolute atomic E-state index is 15.1. The summed E-state index contributed by atoms with van der Waals surface area (Å²) in [5.41, 5.74) is 12.8. The molecule has 1 heterocycles. The lowest BCUT2D eigenvalue weighted by Gasteiger charge is -2.33. The number of guanidine groups is 1. The lowest BCUT2D eigenvalue weighted by molar-refractivity contribution is -0.144. The van der Waals surface area contributed by atoms with E-state index in [0.29, 0.717) is 28.5 Å². The molecule has 0 spiro atoms. The van der Waals surface area contributed by atoms with Crippen molar-refractivity contribution >= 4 is 101 Å². The molecule has 0 aliphatic rings. The molecule has 0 aliphatic carbocycles. The van der Waals surface area contributed by atoms with Crippen LogP contribution < -0.4 is 64.6 Å². The van der Waals surface area contributed by atoms with E-state index in [-0.39, 0.29) is 69.5 Å². The van der Waals surface area contributed by atoms with Crippen LogP contribution in [-0.4, -0.2) is 209 Å². The molecule has 27 nitrogen and oxygen atoms in total. The van der Waals surface area contributed by atoms with Gasteiger partial charge in [-0.05, 0) is 76.1 Å². The summed E-state index contributed by atoms with van der Waals surface area (Å²) in [7, 11) is 1.28. The average molecular weight is 1330 g/mol. The van der Waals surface area contributed by atoms with Crippen molar-refractivity contribution in [3.63, 3.8) is 0 Å². The molecule has 35 heteroatoms. The molecule has 0 saturated heterocycles. The first kappa shape index (κ1) is 77.4. The number of nitrogens with two attached hydrogens (primary N) is 2. The van der Waals surface area contributed by atoms with Crippen LogP contribution in [0.25, 0.3) is 10.9 Å². The van der Waals surface area contributed by atoms with Gasteiger partial charge in [-0.3, -0.25) is 47.9 Å². The molecule has 0 saturated carbocycles. The predicted octanol–water partition coefficient (Wildman–Crippen LogP) is -1.62. The zero-order valence-electron chi connectivity index (χ0n) is 50.3. The third-order valence-electron chi connectivity index (χ3n) is 13.7. The van der Waals surface area contributed by atoms with E-state index in [1.54, 1.807) is 66.1 Å². The number of carbonyl (C=O) groups is 10. The minimum absolute atomic E-state index is 0.0635. The molecular weight excluding hydrogens is 1250 g/mol. The number of alkyl halides is 6. The SMILES string of the molecule is CC(=O)N[C@H](CCCCNC(=NCC(F)(F)F)NCC(F)(F)F)C(=O)NCC(=O)N[C@@H](CS)C(=O)N[C@@H](Cc1ccccc1)C(=O)N[C@H](Cc1c[nH]c2ccccc12)C(=O)N(C)[C@@H](CCCCN)C(=O)N[C@H](C(=O)N[C@@H](CS)C(=O)N[C@H](C(N)=O)[C@@H](C)O)[C@@H](C)O. The van der Waals surface area contributed by atoms with Crippen LogP contribution in [0.4, 0.5) is 26.3 Å². The van der Waals surface area contributed by atoms with Gasteiger partial charge < -0.3 is 84.7 Å². The van der Waals surface area contributed by atoms with Crippen LogP contribution in [0.3, 0.4) is 0 Å². The number of amides is 10. The number of unbranched alkanes of at least 4 members (excludes halogenated alkanes) is 2. The number of para-hydroxylation sites is 1. The number of aromatic amines is 1. The largest absolute Gasteiger partial charge is 0.408 e. The zero-order valence-corrected chi connectivity index (χ0v) is 52.1. The van der Waals surface area contributed by atoms with Crippen LogP contribution in [0, 0.1) is 0 Å². The van der Waals surface area contributed by atoms with Gasteiger partial charge in [-0.2, -0.15) is 51.6 Å². The number of aliphatic hydroxyl groups excluding tert-OH is 2. The second-order valence-electron chi connectivity index (χ2n) is 21.2. The Morgan fingerprint density at radius 3 is 1.79 bits per heavy atom. The maximum Gasteiger partial charge on any atom is 0.408 e. The first-order chi connectivity index (χ1) is 42.8. The quantitative estimate of drug-likeness (QED) is 0.0101. The molecule has 2 aromatic carbocycles. The number of thiol groups is 2. The standard InChI is InChI=1S/C56H81F6N15O12S2/c1-30(78)44(46(64)82)75-50(86)41(27-91)74-52(88)45(31(2)79)76-51(87)42(19-10-12-20-63)77(4)53(89)39(23-34-24-66-36-17-9-8-16-35(34)36)73-48(84)38(22-33-14-6-5-7-15-33)72-49(85)40(26-90)71-43(81)25-67-47(83)37(70-32(3)80)18-11-13-21-65-54(68-28-55(57,58)59)69-29-56(60,61)62/h5-9,14-17,24,30-31,37-42,44-45,66,78-79,90-91H,10-13,18-23,25-29,63H2,1-4H3,(H2,64,82)(H,67,83)(H,70,80)(H,71,81)(H,72,85)(H,73,84)(H,74,88)(H,75,86)(H,76,87)(H2,65,68,69)/t30-,31-,37-,38+,39-,40+,41+,42+,44+,45+/m1/s1. The first-order valence-electron chi connectivity index (χ1n) is 28.7. The molecule has 91 heavy (non-hydrogen) atoms. The number of carbonyl (C=O) groups excluding carboxylic acids is 10. The molecule has 10 atom stereocenters. The van der Waals surface area contributed by atoms with Crippen LogP contribution in [0.15, 0.2) is 65.8 Å². The van der Waals surface area contributed by atoms with E-state index in [2.05, 4.69) is 83.1 Å². The molecule has 3 rings (SSSR count). The number of benzene rings is 2. The van der Waals surface area contributed by atoms with Crippen LogP contribution in [0.2, 0.25) is 0 Å². The molecule has 10 amide bonds. The van der Waals surface area contributed by atoms with Crippen molar-refractivity contribution in [3.05, 3.63) is 71.9 Å². The molecule has 0 radical (unpaired) electrons. The van der Waals surface area contributed by atoms with E-state index in [1.165, 1.54) is 20.9 Å². The molecule has 0 aliphatic heterocycles. The highest BCUT2D eigenvalue weighted by molar-refractivity contribution is 7.80. The predicted molar refractivity (Wildman–Crippen MR) is 328 cm³/mol. The highest BCUT2D eigenvalue weighted by atomic mass is 32.1. The number of aromatic nitrogens is 1. The Morgan fingerprint density at radius 1 is 0.626 bits per heavy atom. The number of rotatable bonds is 37. The summed E-state index contributed by atoms with van der Waals surface area (Å²) in [6.07, 6.45) is -10.8. The van der Waals surface area contributed by atoms with Gasteiger partial charge in [0.15, 0.2) is 5.96 Å². The second-order valence-corrected chi connectivity index (χ2v) is 21.9. The van der Waals surface area contributed by atoms with Gasteiger partial charge in [-0.25, -0.2) is 4.99 Å². The number of H-pyrrole nitrogens is 1. The molecular formula is C56H81F6N15O12S2. The summed E-state index contributed by atoms with van der Waals surface area (Å²) in [6, 6.07) is 3.42.